The van der Waals surface area contributed by atoms with Gasteiger partial charge in [0.25, 0.3) is 0 Å². The molecule has 0 aliphatic carbocycles. The van der Waals surface area contributed by atoms with Crippen molar-refractivity contribution in [2.24, 2.45) is 0 Å². The van der Waals surface area contributed by atoms with Crippen molar-refractivity contribution >= 4 is 10.0 Å². The summed E-state index contributed by atoms with van der Waals surface area (Å²) < 4.78 is 64.2. The van der Waals surface area contributed by atoms with E-state index in [4.69, 9.17) is 9.15 Å². The van der Waals surface area contributed by atoms with Crippen molar-refractivity contribution in [1.82, 2.24) is 4.31 Å². The zero-order valence-corrected chi connectivity index (χ0v) is 13.6. The minimum atomic E-state index is -4.02. The van der Waals surface area contributed by atoms with Crippen LogP contribution in [0, 0.1) is 11.6 Å². The third-order valence-corrected chi connectivity index (χ3v) is 5.68. The number of sulfonamides is 1. The van der Waals surface area contributed by atoms with E-state index in [1.54, 1.807) is 12.1 Å². The molecule has 0 saturated carbocycles. The van der Waals surface area contributed by atoms with Gasteiger partial charge in [-0.25, -0.2) is 17.2 Å². The fraction of sp³-hybridized carbons (Fsp3) is 0.375. The van der Waals surface area contributed by atoms with Crippen LogP contribution in [-0.2, 0) is 21.3 Å². The molecule has 1 aliphatic heterocycles. The van der Waals surface area contributed by atoms with Crippen LogP contribution < -0.4 is 0 Å². The Morgan fingerprint density at radius 3 is 2.67 bits per heavy atom. The normalized spacial score (nSPS) is 18.4. The standard InChI is InChI=1S/C16H17F2NO4S/c17-15-6-5-14(9-16(15)18)24(20,21)19(10-12-3-1-7-22-12)11-13-4-2-8-23-13/h1,3,5-7,9,13H,2,4,8,10-11H2. The Bertz CT molecular complexity index is 786. The summed E-state index contributed by atoms with van der Waals surface area (Å²) >= 11 is 0. The second-order valence-corrected chi connectivity index (χ2v) is 7.53. The van der Waals surface area contributed by atoms with Gasteiger partial charge in [0, 0.05) is 13.2 Å². The molecule has 1 unspecified atom stereocenters. The van der Waals surface area contributed by atoms with Crippen LogP contribution in [-0.4, -0.2) is 32.0 Å². The van der Waals surface area contributed by atoms with E-state index in [-0.39, 0.29) is 24.1 Å². The molecule has 24 heavy (non-hydrogen) atoms. The van der Waals surface area contributed by atoms with Crippen molar-refractivity contribution in [3.05, 3.63) is 54.0 Å². The number of ether oxygens (including phenoxy) is 1. The quantitative estimate of drug-likeness (QED) is 0.798. The summed E-state index contributed by atoms with van der Waals surface area (Å²) in [7, 11) is -4.02. The summed E-state index contributed by atoms with van der Waals surface area (Å²) in [5, 5.41) is 0. The van der Waals surface area contributed by atoms with Gasteiger partial charge in [0.05, 0.1) is 23.8 Å². The van der Waals surface area contributed by atoms with Gasteiger partial charge in [-0.05, 0) is 43.2 Å². The monoisotopic (exact) mass is 357 g/mol. The van der Waals surface area contributed by atoms with Gasteiger partial charge in [0.1, 0.15) is 5.76 Å². The first-order valence-corrected chi connectivity index (χ1v) is 9.00. The van der Waals surface area contributed by atoms with Crippen LogP contribution in [0.15, 0.2) is 45.9 Å². The van der Waals surface area contributed by atoms with E-state index in [9.17, 15) is 17.2 Å². The smallest absolute Gasteiger partial charge is 0.243 e. The maximum absolute atomic E-state index is 13.5. The molecule has 5 nitrogen and oxygen atoms in total. The molecule has 0 N–H and O–H groups in total. The number of hydrogen-bond acceptors (Lipinski definition) is 4. The highest BCUT2D eigenvalue weighted by Gasteiger charge is 2.30. The molecular weight excluding hydrogens is 340 g/mol. The summed E-state index contributed by atoms with van der Waals surface area (Å²) in [6.45, 7) is 0.709. The molecule has 130 valence electrons. The second kappa shape index (κ2) is 7.00. The van der Waals surface area contributed by atoms with Gasteiger partial charge in [0.15, 0.2) is 11.6 Å². The predicted octanol–water partition coefficient (Wildman–Crippen LogP) is 2.93. The molecule has 1 saturated heterocycles. The largest absolute Gasteiger partial charge is 0.468 e. The molecular formula is C16H17F2NO4S. The van der Waals surface area contributed by atoms with Crippen LogP contribution >= 0.6 is 0 Å². The number of furan rings is 1. The molecule has 1 aliphatic rings. The van der Waals surface area contributed by atoms with Crippen molar-refractivity contribution in [2.75, 3.05) is 13.2 Å². The lowest BCUT2D eigenvalue weighted by molar-refractivity contribution is 0.0914. The zero-order chi connectivity index (χ0) is 17.2. The van der Waals surface area contributed by atoms with E-state index in [0.717, 1.165) is 25.0 Å². The maximum atomic E-state index is 13.5. The van der Waals surface area contributed by atoms with Crippen LogP contribution in [0.1, 0.15) is 18.6 Å². The molecule has 1 fully saturated rings. The molecule has 0 radical (unpaired) electrons. The Hall–Kier alpha value is -1.77. The Kier molecular flexibility index (Phi) is 4.98. The van der Waals surface area contributed by atoms with Gasteiger partial charge in [-0.2, -0.15) is 4.31 Å². The predicted molar refractivity (Wildman–Crippen MR) is 81.6 cm³/mol. The first-order valence-electron chi connectivity index (χ1n) is 7.56. The van der Waals surface area contributed by atoms with Crippen LogP contribution in [0.5, 0.6) is 0 Å². The molecule has 0 amide bonds. The lowest BCUT2D eigenvalue weighted by atomic mass is 10.2. The maximum Gasteiger partial charge on any atom is 0.243 e. The SMILES string of the molecule is O=S(=O)(c1ccc(F)c(F)c1)N(Cc1ccco1)CC1CCCO1. The van der Waals surface area contributed by atoms with Crippen molar-refractivity contribution in [1.29, 1.82) is 0 Å². The summed E-state index contributed by atoms with van der Waals surface area (Å²) in [6.07, 6.45) is 2.84. The minimum absolute atomic E-state index is 0.00577. The number of nitrogens with zero attached hydrogens (tertiary/aromatic N) is 1. The first-order chi connectivity index (χ1) is 11.5. The van der Waals surface area contributed by atoms with Gasteiger partial charge >= 0.3 is 0 Å². The van der Waals surface area contributed by atoms with Crippen LogP contribution in [0.25, 0.3) is 0 Å². The summed E-state index contributed by atoms with van der Waals surface area (Å²) in [4.78, 5) is -0.300. The van der Waals surface area contributed by atoms with E-state index in [1.165, 1.54) is 10.6 Å². The minimum Gasteiger partial charge on any atom is -0.468 e. The Morgan fingerprint density at radius 1 is 1.21 bits per heavy atom. The topological polar surface area (TPSA) is 59.8 Å². The van der Waals surface area contributed by atoms with Gasteiger partial charge in [-0.3, -0.25) is 0 Å². The Morgan fingerprint density at radius 2 is 2.04 bits per heavy atom. The van der Waals surface area contributed by atoms with E-state index in [2.05, 4.69) is 0 Å². The number of benzene rings is 1. The van der Waals surface area contributed by atoms with Gasteiger partial charge in [0.2, 0.25) is 10.0 Å². The third-order valence-electron chi connectivity index (χ3n) is 3.87. The molecule has 3 rings (SSSR count). The van der Waals surface area contributed by atoms with E-state index in [1.807, 2.05) is 0 Å². The third kappa shape index (κ3) is 3.66. The average Bonchev–Trinajstić information content (AvgIpc) is 3.23. The lowest BCUT2D eigenvalue weighted by Crippen LogP contribution is -2.36. The highest BCUT2D eigenvalue weighted by molar-refractivity contribution is 7.89. The molecule has 1 atom stereocenters. The molecule has 2 aromatic rings. The molecule has 1 aromatic heterocycles. The number of halogens is 2. The van der Waals surface area contributed by atoms with E-state index >= 15 is 0 Å². The van der Waals surface area contributed by atoms with Crippen molar-refractivity contribution in [2.45, 2.75) is 30.4 Å². The van der Waals surface area contributed by atoms with Crippen LogP contribution in [0.3, 0.4) is 0 Å². The summed E-state index contributed by atoms with van der Waals surface area (Å²) in [6, 6.07) is 5.86. The van der Waals surface area contributed by atoms with Crippen molar-refractivity contribution < 1.29 is 26.4 Å². The highest BCUT2D eigenvalue weighted by Crippen LogP contribution is 2.23. The summed E-state index contributed by atoms with van der Waals surface area (Å²) in [5.74, 6) is -1.84. The number of hydrogen-bond donors (Lipinski definition) is 0. The fourth-order valence-corrected chi connectivity index (χ4v) is 4.08. The first kappa shape index (κ1) is 17.1. The van der Waals surface area contributed by atoms with Crippen LogP contribution in [0.2, 0.25) is 0 Å². The highest BCUT2D eigenvalue weighted by atomic mass is 32.2. The molecule has 0 spiro atoms. The van der Waals surface area contributed by atoms with Gasteiger partial charge in [-0.15, -0.1) is 0 Å². The Balaban J connectivity index is 1.90. The molecule has 1 aromatic carbocycles. The Labute approximate surface area is 138 Å². The second-order valence-electron chi connectivity index (χ2n) is 5.59. The fourth-order valence-electron chi connectivity index (χ4n) is 2.63. The van der Waals surface area contributed by atoms with Gasteiger partial charge in [-0.1, -0.05) is 0 Å². The number of rotatable bonds is 6. The summed E-state index contributed by atoms with van der Waals surface area (Å²) in [5.41, 5.74) is 0. The molecule has 2 heterocycles. The van der Waals surface area contributed by atoms with Crippen molar-refractivity contribution in [3.8, 4) is 0 Å². The molecule has 8 heteroatoms. The van der Waals surface area contributed by atoms with Gasteiger partial charge < -0.3 is 9.15 Å². The van der Waals surface area contributed by atoms with Crippen molar-refractivity contribution in [3.63, 3.8) is 0 Å². The lowest BCUT2D eigenvalue weighted by Gasteiger charge is -2.24. The molecule has 0 bridgehead atoms. The van der Waals surface area contributed by atoms with Crippen LogP contribution in [0.4, 0.5) is 8.78 Å². The van der Waals surface area contributed by atoms with E-state index in [0.29, 0.717) is 18.4 Å². The average molecular weight is 357 g/mol. The zero-order valence-electron chi connectivity index (χ0n) is 12.8. The van der Waals surface area contributed by atoms with E-state index < -0.39 is 21.7 Å².